The monoisotopic (exact) mass is 300 g/mol. The average molecular weight is 300 g/mol. The Kier molecular flexibility index (Phi) is 3.76. The lowest BCUT2D eigenvalue weighted by molar-refractivity contribution is 0.660. The van der Waals surface area contributed by atoms with Gasteiger partial charge in [0.2, 0.25) is 0 Å². The van der Waals surface area contributed by atoms with Crippen LogP contribution in [0.2, 0.25) is 0 Å². The van der Waals surface area contributed by atoms with Gasteiger partial charge in [-0.1, -0.05) is 26.1 Å². The molecule has 3 rings (SSSR count). The molecular formula is C16H20N4S. The zero-order valence-electron chi connectivity index (χ0n) is 12.5. The maximum Gasteiger partial charge on any atom is 0.163 e. The number of nitrogens with zero attached hydrogens (tertiary/aromatic N) is 3. The average Bonchev–Trinajstić information content (AvgIpc) is 2.95. The molecule has 0 aliphatic heterocycles. The summed E-state index contributed by atoms with van der Waals surface area (Å²) in [6, 6.07) is 4.13. The molecule has 2 aromatic rings. The van der Waals surface area contributed by atoms with E-state index in [9.17, 15) is 0 Å². The molecule has 0 saturated carbocycles. The molecule has 4 nitrogen and oxygen atoms in total. The van der Waals surface area contributed by atoms with E-state index in [4.69, 9.17) is 22.9 Å². The SMILES string of the molecule is CC(C)c1ccn(-c2nc3c(cc2C(N)=S)CCCC3)n1. The Labute approximate surface area is 130 Å². The smallest absolute Gasteiger partial charge is 0.163 e. The zero-order valence-corrected chi connectivity index (χ0v) is 13.3. The molecule has 2 aromatic heterocycles. The molecule has 1 aliphatic rings. The second kappa shape index (κ2) is 5.56. The van der Waals surface area contributed by atoms with Crippen molar-refractivity contribution in [1.82, 2.24) is 14.8 Å². The van der Waals surface area contributed by atoms with Crippen molar-refractivity contribution in [1.29, 1.82) is 0 Å². The van der Waals surface area contributed by atoms with Gasteiger partial charge in [0.25, 0.3) is 0 Å². The van der Waals surface area contributed by atoms with Crippen molar-refractivity contribution in [2.75, 3.05) is 0 Å². The second-order valence-corrected chi connectivity index (χ2v) is 6.32. The largest absolute Gasteiger partial charge is 0.389 e. The Hall–Kier alpha value is -1.75. The Morgan fingerprint density at radius 3 is 2.76 bits per heavy atom. The number of hydrogen-bond acceptors (Lipinski definition) is 3. The van der Waals surface area contributed by atoms with Crippen LogP contribution in [0.3, 0.4) is 0 Å². The molecule has 2 heterocycles. The number of aromatic nitrogens is 3. The van der Waals surface area contributed by atoms with Crippen molar-refractivity contribution in [3.8, 4) is 5.82 Å². The highest BCUT2D eigenvalue weighted by Gasteiger charge is 2.18. The van der Waals surface area contributed by atoms with Crippen LogP contribution in [0.25, 0.3) is 5.82 Å². The van der Waals surface area contributed by atoms with Crippen LogP contribution < -0.4 is 5.73 Å². The first kappa shape index (κ1) is 14.2. The van der Waals surface area contributed by atoms with Crippen LogP contribution >= 0.6 is 12.2 Å². The minimum atomic E-state index is 0.382. The van der Waals surface area contributed by atoms with E-state index < -0.39 is 0 Å². The number of pyridine rings is 1. The highest BCUT2D eigenvalue weighted by molar-refractivity contribution is 7.80. The first-order valence-corrected chi connectivity index (χ1v) is 7.85. The molecule has 0 saturated heterocycles. The molecule has 0 fully saturated rings. The Bertz CT molecular complexity index is 688. The molecular weight excluding hydrogens is 280 g/mol. The minimum Gasteiger partial charge on any atom is -0.389 e. The summed E-state index contributed by atoms with van der Waals surface area (Å²) < 4.78 is 1.80. The molecule has 0 unspecified atom stereocenters. The van der Waals surface area contributed by atoms with Crippen molar-refractivity contribution in [3.05, 3.63) is 40.8 Å². The molecule has 0 bridgehead atoms. The van der Waals surface area contributed by atoms with Gasteiger partial charge in [-0.05, 0) is 49.3 Å². The highest BCUT2D eigenvalue weighted by atomic mass is 32.1. The standard InChI is InChI=1S/C16H20N4S/c1-10(2)13-7-8-20(19-13)16-12(15(17)21)9-11-5-3-4-6-14(11)18-16/h7-10H,3-6H2,1-2H3,(H2,17,21). The fourth-order valence-electron chi connectivity index (χ4n) is 2.74. The van der Waals surface area contributed by atoms with E-state index in [1.807, 2.05) is 12.3 Å². The second-order valence-electron chi connectivity index (χ2n) is 5.88. The maximum atomic E-state index is 5.90. The topological polar surface area (TPSA) is 56.7 Å². The molecule has 21 heavy (non-hydrogen) atoms. The fourth-order valence-corrected chi connectivity index (χ4v) is 2.89. The number of aryl methyl sites for hydroxylation is 2. The van der Waals surface area contributed by atoms with Crippen LogP contribution in [0, 0.1) is 0 Å². The van der Waals surface area contributed by atoms with Gasteiger partial charge in [0.15, 0.2) is 5.82 Å². The molecule has 5 heteroatoms. The van der Waals surface area contributed by atoms with E-state index in [0.717, 1.165) is 35.6 Å². The van der Waals surface area contributed by atoms with Crippen LogP contribution in [-0.4, -0.2) is 19.8 Å². The predicted molar refractivity (Wildman–Crippen MR) is 88.0 cm³/mol. The summed E-state index contributed by atoms with van der Waals surface area (Å²) in [6.07, 6.45) is 6.44. The van der Waals surface area contributed by atoms with Crippen LogP contribution in [0.5, 0.6) is 0 Å². The Morgan fingerprint density at radius 2 is 2.10 bits per heavy atom. The van der Waals surface area contributed by atoms with E-state index in [2.05, 4.69) is 25.0 Å². The molecule has 110 valence electrons. The molecule has 2 N–H and O–H groups in total. The van der Waals surface area contributed by atoms with Crippen LogP contribution in [0.15, 0.2) is 18.3 Å². The highest BCUT2D eigenvalue weighted by Crippen LogP contribution is 2.24. The van der Waals surface area contributed by atoms with E-state index in [0.29, 0.717) is 10.9 Å². The van der Waals surface area contributed by atoms with Crippen molar-refractivity contribution in [2.24, 2.45) is 5.73 Å². The van der Waals surface area contributed by atoms with Gasteiger partial charge in [-0.15, -0.1) is 0 Å². The third kappa shape index (κ3) is 2.70. The van der Waals surface area contributed by atoms with Gasteiger partial charge in [0, 0.05) is 11.9 Å². The summed E-state index contributed by atoms with van der Waals surface area (Å²) in [6.45, 7) is 4.25. The van der Waals surface area contributed by atoms with Gasteiger partial charge in [0.1, 0.15) is 4.99 Å². The lowest BCUT2D eigenvalue weighted by Crippen LogP contribution is -2.18. The number of thiocarbonyl (C=S) groups is 1. The lowest BCUT2D eigenvalue weighted by atomic mass is 9.94. The predicted octanol–water partition coefficient (Wildman–Crippen LogP) is 2.90. The third-order valence-electron chi connectivity index (χ3n) is 3.96. The molecule has 0 aromatic carbocycles. The minimum absolute atomic E-state index is 0.382. The zero-order chi connectivity index (χ0) is 15.0. The van der Waals surface area contributed by atoms with E-state index in [-0.39, 0.29) is 0 Å². The summed E-state index contributed by atoms with van der Waals surface area (Å²) in [4.78, 5) is 5.19. The van der Waals surface area contributed by atoms with Crippen molar-refractivity contribution in [2.45, 2.75) is 45.4 Å². The van der Waals surface area contributed by atoms with Gasteiger partial charge in [-0.2, -0.15) is 5.10 Å². The number of nitrogens with two attached hydrogens (primary N) is 1. The number of rotatable bonds is 3. The lowest BCUT2D eigenvalue weighted by Gasteiger charge is -2.18. The number of fused-ring (bicyclic) bond motifs is 1. The summed E-state index contributed by atoms with van der Waals surface area (Å²) in [5.74, 6) is 1.15. The van der Waals surface area contributed by atoms with Gasteiger partial charge in [0.05, 0.1) is 11.3 Å². The Morgan fingerprint density at radius 1 is 1.33 bits per heavy atom. The van der Waals surface area contributed by atoms with Crippen LogP contribution in [0.4, 0.5) is 0 Å². The first-order chi connectivity index (χ1) is 10.1. The van der Waals surface area contributed by atoms with Crippen molar-refractivity contribution >= 4 is 17.2 Å². The van der Waals surface area contributed by atoms with E-state index >= 15 is 0 Å². The van der Waals surface area contributed by atoms with Crippen molar-refractivity contribution < 1.29 is 0 Å². The quantitative estimate of drug-likeness (QED) is 0.886. The maximum absolute atomic E-state index is 5.90. The van der Waals surface area contributed by atoms with Crippen LogP contribution in [0.1, 0.15) is 55.1 Å². The van der Waals surface area contributed by atoms with Crippen LogP contribution in [-0.2, 0) is 12.8 Å². The van der Waals surface area contributed by atoms with Gasteiger partial charge >= 0.3 is 0 Å². The molecule has 0 radical (unpaired) electrons. The molecule has 0 amide bonds. The van der Waals surface area contributed by atoms with E-state index in [1.54, 1.807) is 4.68 Å². The molecule has 1 aliphatic carbocycles. The number of hydrogen-bond donors (Lipinski definition) is 1. The summed E-state index contributed by atoms with van der Waals surface area (Å²) in [5.41, 5.74) is 10.2. The van der Waals surface area contributed by atoms with Gasteiger partial charge < -0.3 is 5.73 Å². The first-order valence-electron chi connectivity index (χ1n) is 7.45. The van der Waals surface area contributed by atoms with Crippen molar-refractivity contribution in [3.63, 3.8) is 0 Å². The van der Waals surface area contributed by atoms with Gasteiger partial charge in [-0.25, -0.2) is 9.67 Å². The normalized spacial score (nSPS) is 14.2. The Balaban J connectivity index is 2.12. The molecule has 0 atom stereocenters. The molecule has 0 spiro atoms. The summed E-state index contributed by atoms with van der Waals surface area (Å²) in [7, 11) is 0. The third-order valence-corrected chi connectivity index (χ3v) is 4.18. The van der Waals surface area contributed by atoms with Gasteiger partial charge in [-0.3, -0.25) is 0 Å². The summed E-state index contributed by atoms with van der Waals surface area (Å²) in [5, 5.41) is 4.61. The summed E-state index contributed by atoms with van der Waals surface area (Å²) >= 11 is 5.21. The fraction of sp³-hybridized carbons (Fsp3) is 0.438. The van der Waals surface area contributed by atoms with E-state index in [1.165, 1.54) is 18.4 Å².